The van der Waals surface area contributed by atoms with Crippen molar-refractivity contribution in [1.29, 1.82) is 0 Å². The number of carbonyl (C=O) groups excluding carboxylic acids is 1. The van der Waals surface area contributed by atoms with E-state index < -0.39 is 0 Å². The van der Waals surface area contributed by atoms with Crippen LogP contribution in [-0.2, 0) is 4.79 Å². The van der Waals surface area contributed by atoms with Gasteiger partial charge in [-0.1, -0.05) is 41.9 Å². The molecule has 0 radical (unpaired) electrons. The standard InChI is InChI=1S/C21H21N3O3/c1-14(22-20(25)15-7-5-8-15)21-23-19(24-27-21)16-9-6-12-18(13-16)26-17-10-3-2-4-11-17/h2-4,6,9-15H,5,7-8H2,1H3,(H,22,25). The molecular formula is C21H21N3O3. The quantitative estimate of drug-likeness (QED) is 0.697. The summed E-state index contributed by atoms with van der Waals surface area (Å²) in [6, 6.07) is 16.8. The number of nitrogens with zero attached hydrogens (tertiary/aromatic N) is 2. The lowest BCUT2D eigenvalue weighted by Crippen LogP contribution is -2.36. The fourth-order valence-corrected chi connectivity index (χ4v) is 2.92. The molecule has 27 heavy (non-hydrogen) atoms. The Kier molecular flexibility index (Phi) is 4.87. The first-order chi connectivity index (χ1) is 13.2. The lowest BCUT2D eigenvalue weighted by Gasteiger charge is -2.25. The average molecular weight is 363 g/mol. The van der Waals surface area contributed by atoms with Crippen LogP contribution in [0.2, 0.25) is 0 Å². The highest BCUT2D eigenvalue weighted by molar-refractivity contribution is 5.79. The van der Waals surface area contributed by atoms with Gasteiger partial charge in [0.1, 0.15) is 17.5 Å². The maximum Gasteiger partial charge on any atom is 0.249 e. The summed E-state index contributed by atoms with van der Waals surface area (Å²) in [5.41, 5.74) is 0.788. The van der Waals surface area contributed by atoms with E-state index in [1.54, 1.807) is 0 Å². The van der Waals surface area contributed by atoms with E-state index in [4.69, 9.17) is 9.26 Å². The van der Waals surface area contributed by atoms with E-state index in [1.165, 1.54) is 0 Å². The van der Waals surface area contributed by atoms with Crippen LogP contribution in [0.15, 0.2) is 59.1 Å². The van der Waals surface area contributed by atoms with E-state index in [2.05, 4.69) is 15.5 Å². The first-order valence-corrected chi connectivity index (χ1v) is 9.16. The molecule has 1 aliphatic rings. The molecule has 3 aromatic rings. The Morgan fingerprint density at radius 1 is 1.15 bits per heavy atom. The molecule has 2 aromatic carbocycles. The molecule has 0 spiro atoms. The summed E-state index contributed by atoms with van der Waals surface area (Å²) in [5, 5.41) is 7.00. The Labute approximate surface area is 157 Å². The third-order valence-corrected chi connectivity index (χ3v) is 4.72. The van der Waals surface area contributed by atoms with Gasteiger partial charge in [-0.3, -0.25) is 4.79 Å². The number of nitrogens with one attached hydrogen (secondary N) is 1. The van der Waals surface area contributed by atoms with E-state index in [0.717, 1.165) is 30.6 Å². The van der Waals surface area contributed by atoms with Gasteiger partial charge in [0.15, 0.2) is 0 Å². The Morgan fingerprint density at radius 2 is 1.93 bits per heavy atom. The summed E-state index contributed by atoms with van der Waals surface area (Å²) in [6.07, 6.45) is 3.04. The van der Waals surface area contributed by atoms with Crippen molar-refractivity contribution in [3.63, 3.8) is 0 Å². The maximum absolute atomic E-state index is 12.1. The minimum absolute atomic E-state index is 0.0618. The Bertz CT molecular complexity index is 919. The van der Waals surface area contributed by atoms with E-state index in [-0.39, 0.29) is 17.9 Å². The molecule has 0 saturated heterocycles. The maximum atomic E-state index is 12.1. The van der Waals surface area contributed by atoms with Crippen molar-refractivity contribution in [1.82, 2.24) is 15.5 Å². The fourth-order valence-electron chi connectivity index (χ4n) is 2.92. The van der Waals surface area contributed by atoms with Crippen LogP contribution in [0.4, 0.5) is 0 Å². The van der Waals surface area contributed by atoms with Gasteiger partial charge in [0, 0.05) is 11.5 Å². The van der Waals surface area contributed by atoms with Gasteiger partial charge in [-0.15, -0.1) is 0 Å². The lowest BCUT2D eigenvalue weighted by atomic mass is 9.84. The van der Waals surface area contributed by atoms with Crippen molar-refractivity contribution in [3.05, 3.63) is 60.5 Å². The zero-order valence-corrected chi connectivity index (χ0v) is 15.1. The second kappa shape index (κ2) is 7.61. The summed E-state index contributed by atoms with van der Waals surface area (Å²) in [5.74, 6) is 2.50. The molecule has 0 bridgehead atoms. The zero-order valence-electron chi connectivity index (χ0n) is 15.1. The number of para-hydroxylation sites is 1. The molecule has 1 aliphatic carbocycles. The van der Waals surface area contributed by atoms with Crippen molar-refractivity contribution >= 4 is 5.91 Å². The molecule has 1 aromatic heterocycles. The smallest absolute Gasteiger partial charge is 0.249 e. The number of aromatic nitrogens is 2. The summed E-state index contributed by atoms with van der Waals surface area (Å²) < 4.78 is 11.2. The van der Waals surface area contributed by atoms with Crippen molar-refractivity contribution in [2.75, 3.05) is 0 Å². The van der Waals surface area contributed by atoms with Crippen LogP contribution >= 0.6 is 0 Å². The van der Waals surface area contributed by atoms with E-state index in [9.17, 15) is 4.79 Å². The molecular weight excluding hydrogens is 342 g/mol. The van der Waals surface area contributed by atoms with Gasteiger partial charge in [0.25, 0.3) is 0 Å². The predicted octanol–water partition coefficient (Wildman–Crippen LogP) is 4.51. The molecule has 1 atom stereocenters. The Hall–Kier alpha value is -3.15. The van der Waals surface area contributed by atoms with Gasteiger partial charge >= 0.3 is 0 Å². The van der Waals surface area contributed by atoms with Gasteiger partial charge in [-0.05, 0) is 44.0 Å². The summed E-state index contributed by atoms with van der Waals surface area (Å²) in [4.78, 5) is 16.5. The summed E-state index contributed by atoms with van der Waals surface area (Å²) in [6.45, 7) is 1.85. The number of benzene rings is 2. The van der Waals surface area contributed by atoms with Crippen molar-refractivity contribution < 1.29 is 14.1 Å². The number of amides is 1. The number of rotatable bonds is 6. The van der Waals surface area contributed by atoms with Gasteiger partial charge < -0.3 is 14.6 Å². The van der Waals surface area contributed by atoms with Crippen LogP contribution in [0.25, 0.3) is 11.4 Å². The number of hydrogen-bond acceptors (Lipinski definition) is 5. The molecule has 138 valence electrons. The van der Waals surface area contributed by atoms with E-state index >= 15 is 0 Å². The van der Waals surface area contributed by atoms with Crippen LogP contribution in [0, 0.1) is 5.92 Å². The van der Waals surface area contributed by atoms with E-state index in [1.807, 2.05) is 61.5 Å². The van der Waals surface area contributed by atoms with Gasteiger partial charge in [0.2, 0.25) is 17.6 Å². The SMILES string of the molecule is CC(NC(=O)C1CCC1)c1nc(-c2cccc(Oc3ccccc3)c2)no1. The minimum atomic E-state index is -0.317. The normalized spacial score (nSPS) is 15.0. The second-order valence-electron chi connectivity index (χ2n) is 6.76. The molecule has 6 heteroatoms. The van der Waals surface area contributed by atoms with Gasteiger partial charge in [0.05, 0.1) is 0 Å². The number of ether oxygens (including phenoxy) is 1. The van der Waals surface area contributed by atoms with Crippen molar-refractivity contribution in [3.8, 4) is 22.9 Å². The third-order valence-electron chi connectivity index (χ3n) is 4.72. The van der Waals surface area contributed by atoms with Crippen LogP contribution in [0.1, 0.15) is 38.1 Å². The largest absolute Gasteiger partial charge is 0.457 e. The predicted molar refractivity (Wildman–Crippen MR) is 100 cm³/mol. The van der Waals surface area contributed by atoms with Gasteiger partial charge in [-0.25, -0.2) is 0 Å². The third kappa shape index (κ3) is 4.00. The number of hydrogen-bond donors (Lipinski definition) is 1. The average Bonchev–Trinajstić information content (AvgIpc) is 3.11. The van der Waals surface area contributed by atoms with E-state index in [0.29, 0.717) is 17.5 Å². The highest BCUT2D eigenvalue weighted by atomic mass is 16.5. The first kappa shape index (κ1) is 17.3. The molecule has 1 N–H and O–H groups in total. The van der Waals surface area contributed by atoms with Crippen molar-refractivity contribution in [2.45, 2.75) is 32.2 Å². The molecule has 1 amide bonds. The summed E-state index contributed by atoms with van der Waals surface area (Å²) >= 11 is 0. The summed E-state index contributed by atoms with van der Waals surface area (Å²) in [7, 11) is 0. The van der Waals surface area contributed by atoms with Crippen LogP contribution in [0.3, 0.4) is 0 Å². The van der Waals surface area contributed by atoms with Crippen LogP contribution in [0.5, 0.6) is 11.5 Å². The van der Waals surface area contributed by atoms with Crippen LogP contribution < -0.4 is 10.1 Å². The van der Waals surface area contributed by atoms with Crippen LogP contribution in [-0.4, -0.2) is 16.0 Å². The van der Waals surface area contributed by atoms with Crippen molar-refractivity contribution in [2.24, 2.45) is 5.92 Å². The molecule has 1 heterocycles. The molecule has 6 nitrogen and oxygen atoms in total. The Balaban J connectivity index is 1.46. The second-order valence-corrected chi connectivity index (χ2v) is 6.76. The lowest BCUT2D eigenvalue weighted by molar-refractivity contribution is -0.128. The monoisotopic (exact) mass is 363 g/mol. The molecule has 1 unspecified atom stereocenters. The van der Waals surface area contributed by atoms with Gasteiger partial charge in [-0.2, -0.15) is 4.98 Å². The highest BCUT2D eigenvalue weighted by Gasteiger charge is 2.27. The molecule has 0 aliphatic heterocycles. The highest BCUT2D eigenvalue weighted by Crippen LogP contribution is 2.28. The topological polar surface area (TPSA) is 77.2 Å². The fraction of sp³-hybridized carbons (Fsp3) is 0.286. The minimum Gasteiger partial charge on any atom is -0.457 e. The zero-order chi connectivity index (χ0) is 18.6. The molecule has 1 fully saturated rings. The first-order valence-electron chi connectivity index (χ1n) is 9.16. The Morgan fingerprint density at radius 3 is 2.67 bits per heavy atom. The number of carbonyl (C=O) groups is 1. The molecule has 1 saturated carbocycles. The molecule has 4 rings (SSSR count).